The molecular formula is C16H12BrClN2S. The van der Waals surface area contributed by atoms with Crippen molar-refractivity contribution in [1.29, 1.82) is 0 Å². The van der Waals surface area contributed by atoms with Crippen molar-refractivity contribution >= 4 is 50.2 Å². The van der Waals surface area contributed by atoms with Crippen molar-refractivity contribution in [2.75, 3.05) is 6.26 Å². The Bertz CT molecular complexity index is 836. The normalized spacial score (nSPS) is 11.0. The molecule has 2 nitrogen and oxygen atoms in total. The Balaban J connectivity index is 2.33. The molecule has 5 heteroatoms. The number of nitrogens with zero attached hydrogens (tertiary/aromatic N) is 2. The van der Waals surface area contributed by atoms with Gasteiger partial charge in [0.05, 0.1) is 10.9 Å². The van der Waals surface area contributed by atoms with Crippen molar-refractivity contribution in [2.45, 2.75) is 11.8 Å². The van der Waals surface area contributed by atoms with Crippen molar-refractivity contribution in [2.24, 2.45) is 0 Å². The third-order valence-corrected chi connectivity index (χ3v) is 5.03. The Kier molecular flexibility index (Phi) is 4.20. The number of aromatic nitrogens is 2. The molecule has 106 valence electrons. The van der Waals surface area contributed by atoms with Gasteiger partial charge in [-0.15, -0.1) is 11.8 Å². The molecule has 0 spiro atoms. The van der Waals surface area contributed by atoms with Crippen molar-refractivity contribution in [3.05, 3.63) is 51.6 Å². The first kappa shape index (κ1) is 14.8. The second kappa shape index (κ2) is 5.95. The Morgan fingerprint density at radius 2 is 1.86 bits per heavy atom. The first-order valence-electron chi connectivity index (χ1n) is 6.37. The summed E-state index contributed by atoms with van der Waals surface area (Å²) in [5.41, 5.74) is 2.98. The minimum absolute atomic E-state index is 0.474. The van der Waals surface area contributed by atoms with Crippen LogP contribution in [0.2, 0.25) is 5.15 Å². The van der Waals surface area contributed by atoms with Gasteiger partial charge < -0.3 is 0 Å². The van der Waals surface area contributed by atoms with Crippen LogP contribution in [0, 0.1) is 6.92 Å². The van der Waals surface area contributed by atoms with Crippen LogP contribution in [0.4, 0.5) is 0 Å². The molecule has 0 bridgehead atoms. The number of aryl methyl sites for hydroxylation is 1. The SMILES string of the molecule is CSc1ccccc1-c1nc(Cl)c2c(Br)ccc(C)c2n1. The molecule has 2 aromatic carbocycles. The number of hydrogen-bond donors (Lipinski definition) is 0. The lowest BCUT2D eigenvalue weighted by Crippen LogP contribution is -1.95. The molecule has 0 radical (unpaired) electrons. The molecule has 0 aliphatic rings. The molecular weight excluding hydrogens is 368 g/mol. The van der Waals surface area contributed by atoms with Gasteiger partial charge in [-0.25, -0.2) is 9.97 Å². The van der Waals surface area contributed by atoms with E-state index >= 15 is 0 Å². The van der Waals surface area contributed by atoms with Crippen molar-refractivity contribution in [3.8, 4) is 11.4 Å². The number of rotatable bonds is 2. The monoisotopic (exact) mass is 378 g/mol. The van der Waals surface area contributed by atoms with Gasteiger partial charge in [0, 0.05) is 14.9 Å². The van der Waals surface area contributed by atoms with E-state index in [1.54, 1.807) is 11.8 Å². The first-order valence-corrected chi connectivity index (χ1v) is 8.77. The quantitative estimate of drug-likeness (QED) is 0.419. The first-order chi connectivity index (χ1) is 10.1. The molecule has 1 aromatic heterocycles. The fourth-order valence-corrected chi connectivity index (χ4v) is 3.73. The molecule has 21 heavy (non-hydrogen) atoms. The maximum Gasteiger partial charge on any atom is 0.162 e. The Morgan fingerprint density at radius 3 is 2.62 bits per heavy atom. The smallest absolute Gasteiger partial charge is 0.162 e. The summed E-state index contributed by atoms with van der Waals surface area (Å²) in [6.07, 6.45) is 2.04. The predicted molar refractivity (Wildman–Crippen MR) is 94.2 cm³/mol. The Hall–Kier alpha value is -1.10. The number of fused-ring (bicyclic) bond motifs is 1. The lowest BCUT2D eigenvalue weighted by molar-refractivity contribution is 1.19. The molecule has 0 atom stereocenters. The summed E-state index contributed by atoms with van der Waals surface area (Å²) in [5, 5.41) is 1.34. The molecule has 0 aliphatic heterocycles. The summed E-state index contributed by atoms with van der Waals surface area (Å²) in [7, 11) is 0. The van der Waals surface area contributed by atoms with Gasteiger partial charge in [0.15, 0.2) is 5.82 Å². The van der Waals surface area contributed by atoms with Crippen LogP contribution in [0.5, 0.6) is 0 Å². The van der Waals surface area contributed by atoms with Gasteiger partial charge >= 0.3 is 0 Å². The molecule has 3 aromatic rings. The predicted octanol–water partition coefficient (Wildman–Crippen LogP) is 5.74. The summed E-state index contributed by atoms with van der Waals surface area (Å²) in [6, 6.07) is 12.1. The minimum Gasteiger partial charge on any atom is -0.228 e. The van der Waals surface area contributed by atoms with Gasteiger partial charge in [-0.05, 0) is 46.8 Å². The van der Waals surface area contributed by atoms with Crippen molar-refractivity contribution in [1.82, 2.24) is 9.97 Å². The second-order valence-electron chi connectivity index (χ2n) is 4.63. The molecule has 3 rings (SSSR count). The fourth-order valence-electron chi connectivity index (χ4n) is 2.24. The van der Waals surface area contributed by atoms with E-state index in [0.717, 1.165) is 31.4 Å². The fraction of sp³-hybridized carbons (Fsp3) is 0.125. The average molecular weight is 380 g/mol. The van der Waals surface area contributed by atoms with Crippen LogP contribution >= 0.6 is 39.3 Å². The number of thioether (sulfide) groups is 1. The van der Waals surface area contributed by atoms with E-state index in [1.807, 2.05) is 43.5 Å². The van der Waals surface area contributed by atoms with Crippen LogP contribution in [0.25, 0.3) is 22.3 Å². The lowest BCUT2D eigenvalue weighted by Gasteiger charge is -2.10. The lowest BCUT2D eigenvalue weighted by atomic mass is 10.1. The summed E-state index contributed by atoms with van der Waals surface area (Å²) in [4.78, 5) is 10.4. The third kappa shape index (κ3) is 2.68. The molecule has 0 unspecified atom stereocenters. The van der Waals surface area contributed by atoms with E-state index in [0.29, 0.717) is 11.0 Å². The van der Waals surface area contributed by atoms with E-state index in [4.69, 9.17) is 16.6 Å². The zero-order valence-corrected chi connectivity index (χ0v) is 14.7. The molecule has 1 heterocycles. The van der Waals surface area contributed by atoms with Gasteiger partial charge in [0.25, 0.3) is 0 Å². The summed E-state index contributed by atoms with van der Waals surface area (Å²) in [5.74, 6) is 0.665. The molecule has 0 N–H and O–H groups in total. The molecule has 0 saturated carbocycles. The van der Waals surface area contributed by atoms with Gasteiger partial charge in [0.1, 0.15) is 5.15 Å². The summed E-state index contributed by atoms with van der Waals surface area (Å²) < 4.78 is 0.915. The second-order valence-corrected chi connectivity index (χ2v) is 6.69. The van der Waals surface area contributed by atoms with E-state index in [9.17, 15) is 0 Å². The van der Waals surface area contributed by atoms with Crippen molar-refractivity contribution < 1.29 is 0 Å². The Morgan fingerprint density at radius 1 is 1.10 bits per heavy atom. The van der Waals surface area contributed by atoms with Gasteiger partial charge in [0.2, 0.25) is 0 Å². The van der Waals surface area contributed by atoms with Gasteiger partial charge in [-0.3, -0.25) is 0 Å². The van der Waals surface area contributed by atoms with E-state index in [-0.39, 0.29) is 0 Å². The summed E-state index contributed by atoms with van der Waals surface area (Å²) in [6.45, 7) is 2.03. The van der Waals surface area contributed by atoms with Crippen LogP contribution < -0.4 is 0 Å². The van der Waals surface area contributed by atoms with E-state index in [1.165, 1.54) is 0 Å². The summed E-state index contributed by atoms with van der Waals surface area (Å²) >= 11 is 11.6. The van der Waals surface area contributed by atoms with E-state index in [2.05, 4.69) is 27.0 Å². The highest BCUT2D eigenvalue weighted by Crippen LogP contribution is 2.34. The van der Waals surface area contributed by atoms with Crippen molar-refractivity contribution in [3.63, 3.8) is 0 Å². The maximum absolute atomic E-state index is 6.40. The number of benzene rings is 2. The zero-order valence-electron chi connectivity index (χ0n) is 11.5. The largest absolute Gasteiger partial charge is 0.228 e. The number of hydrogen-bond acceptors (Lipinski definition) is 3. The topological polar surface area (TPSA) is 25.8 Å². The minimum atomic E-state index is 0.474. The van der Waals surface area contributed by atoms with Crippen LogP contribution in [-0.2, 0) is 0 Å². The standard InChI is InChI=1S/C16H12BrClN2S/c1-9-7-8-11(17)13-14(9)19-16(20-15(13)18)10-5-3-4-6-12(10)21-2/h3-8H,1-2H3. The molecule has 0 aliphatic carbocycles. The van der Waals surface area contributed by atoms with Crippen LogP contribution in [0.1, 0.15) is 5.56 Å². The average Bonchev–Trinajstić information content (AvgIpc) is 2.50. The number of halogens is 2. The van der Waals surface area contributed by atoms with Crippen LogP contribution in [-0.4, -0.2) is 16.2 Å². The Labute approximate surface area is 141 Å². The van der Waals surface area contributed by atoms with Gasteiger partial charge in [-0.2, -0.15) is 0 Å². The zero-order chi connectivity index (χ0) is 15.0. The molecule has 0 fully saturated rings. The highest BCUT2D eigenvalue weighted by atomic mass is 79.9. The van der Waals surface area contributed by atoms with Gasteiger partial charge in [-0.1, -0.05) is 35.9 Å². The van der Waals surface area contributed by atoms with Crippen LogP contribution in [0.15, 0.2) is 45.8 Å². The van der Waals surface area contributed by atoms with E-state index < -0.39 is 0 Å². The highest BCUT2D eigenvalue weighted by molar-refractivity contribution is 9.10. The third-order valence-electron chi connectivity index (χ3n) is 3.30. The van der Waals surface area contributed by atoms with Crippen LogP contribution in [0.3, 0.4) is 0 Å². The maximum atomic E-state index is 6.40. The highest BCUT2D eigenvalue weighted by Gasteiger charge is 2.14. The molecule has 0 amide bonds. The molecule has 0 saturated heterocycles.